The Balaban J connectivity index is 1.58. The van der Waals surface area contributed by atoms with Crippen LogP contribution in [0.4, 0.5) is 5.69 Å². The van der Waals surface area contributed by atoms with E-state index < -0.39 is 14.3 Å². The minimum Gasteiger partial charge on any atom is -0.457 e. The summed E-state index contributed by atoms with van der Waals surface area (Å²) < 4.78 is 11.5. The SMILES string of the molecule is C=CCOC(=O)C1=C(c2ccc(NC(=O)c3ccccn3)cc2)C[C@@H]2[C@@H]([C@@H](C)O[Si](C)(C)C)C(=O)N12. The van der Waals surface area contributed by atoms with Crippen LogP contribution in [-0.4, -0.2) is 54.7 Å². The monoisotopic (exact) mass is 505 g/mol. The third-order valence-corrected chi connectivity index (χ3v) is 7.25. The summed E-state index contributed by atoms with van der Waals surface area (Å²) in [5, 5.41) is 2.82. The summed E-state index contributed by atoms with van der Waals surface area (Å²) in [6.45, 7) is 11.9. The van der Waals surface area contributed by atoms with E-state index in [9.17, 15) is 14.4 Å². The van der Waals surface area contributed by atoms with Crippen LogP contribution in [0.15, 0.2) is 67.0 Å². The normalized spacial score (nSPS) is 19.9. The van der Waals surface area contributed by atoms with Gasteiger partial charge in [0.15, 0.2) is 8.32 Å². The van der Waals surface area contributed by atoms with Gasteiger partial charge in [-0.2, -0.15) is 0 Å². The molecule has 9 heteroatoms. The Bertz CT molecular complexity index is 1200. The molecule has 2 amide bonds. The number of hydrogen-bond acceptors (Lipinski definition) is 6. The van der Waals surface area contributed by atoms with Crippen LogP contribution in [-0.2, 0) is 18.8 Å². The van der Waals surface area contributed by atoms with Gasteiger partial charge in [0, 0.05) is 11.9 Å². The van der Waals surface area contributed by atoms with Gasteiger partial charge in [-0.15, -0.1) is 0 Å². The Hall–Kier alpha value is -3.56. The molecular weight excluding hydrogens is 474 g/mol. The van der Waals surface area contributed by atoms with Crippen LogP contribution in [0.1, 0.15) is 29.4 Å². The second-order valence-corrected chi connectivity index (χ2v) is 14.4. The predicted molar refractivity (Wildman–Crippen MR) is 139 cm³/mol. The third kappa shape index (κ3) is 5.17. The largest absolute Gasteiger partial charge is 0.457 e. The molecule has 188 valence electrons. The van der Waals surface area contributed by atoms with E-state index in [1.54, 1.807) is 41.4 Å². The zero-order valence-electron chi connectivity index (χ0n) is 21.0. The fourth-order valence-electron chi connectivity index (χ4n) is 4.78. The highest BCUT2D eigenvalue weighted by Crippen LogP contribution is 2.48. The van der Waals surface area contributed by atoms with Crippen molar-refractivity contribution in [1.82, 2.24) is 9.88 Å². The molecule has 0 radical (unpaired) electrons. The lowest BCUT2D eigenvalue weighted by molar-refractivity contribution is -0.161. The first-order chi connectivity index (χ1) is 17.1. The molecule has 0 saturated carbocycles. The molecule has 4 rings (SSSR count). The molecule has 2 aliphatic rings. The lowest BCUT2D eigenvalue weighted by Crippen LogP contribution is -2.63. The summed E-state index contributed by atoms with van der Waals surface area (Å²) in [6.07, 6.45) is 3.34. The van der Waals surface area contributed by atoms with Crippen LogP contribution in [0.3, 0.4) is 0 Å². The summed E-state index contributed by atoms with van der Waals surface area (Å²) in [7, 11) is -1.85. The van der Waals surface area contributed by atoms with E-state index in [4.69, 9.17) is 9.16 Å². The maximum Gasteiger partial charge on any atom is 0.355 e. The average molecular weight is 506 g/mol. The van der Waals surface area contributed by atoms with E-state index in [1.165, 1.54) is 6.08 Å². The molecular formula is C27H31N3O5Si. The average Bonchev–Trinajstić information content (AvgIpc) is 3.17. The number of carbonyl (C=O) groups is 3. The van der Waals surface area contributed by atoms with Crippen LogP contribution in [0.25, 0.3) is 5.57 Å². The maximum absolute atomic E-state index is 13.2. The molecule has 3 atom stereocenters. The Labute approximate surface area is 212 Å². The number of esters is 1. The van der Waals surface area contributed by atoms with Gasteiger partial charge in [-0.3, -0.25) is 14.6 Å². The molecule has 1 saturated heterocycles. The van der Waals surface area contributed by atoms with Gasteiger partial charge in [0.2, 0.25) is 5.91 Å². The zero-order chi connectivity index (χ0) is 26.0. The molecule has 0 spiro atoms. The van der Waals surface area contributed by atoms with Crippen molar-refractivity contribution in [2.45, 2.75) is 45.1 Å². The Kier molecular flexibility index (Phi) is 7.23. The highest BCUT2D eigenvalue weighted by Gasteiger charge is 2.57. The smallest absolute Gasteiger partial charge is 0.355 e. The summed E-state index contributed by atoms with van der Waals surface area (Å²) >= 11 is 0. The third-order valence-electron chi connectivity index (χ3n) is 6.17. The van der Waals surface area contributed by atoms with E-state index in [0.717, 1.165) is 11.1 Å². The molecule has 2 aliphatic heterocycles. The highest BCUT2D eigenvalue weighted by molar-refractivity contribution is 6.69. The minimum absolute atomic E-state index is 0.0549. The van der Waals surface area contributed by atoms with E-state index in [-0.39, 0.29) is 42.2 Å². The van der Waals surface area contributed by atoms with Crippen molar-refractivity contribution < 1.29 is 23.5 Å². The van der Waals surface area contributed by atoms with E-state index in [1.807, 2.05) is 19.1 Å². The van der Waals surface area contributed by atoms with Crippen LogP contribution >= 0.6 is 0 Å². The lowest BCUT2D eigenvalue weighted by Gasteiger charge is -2.47. The molecule has 1 aromatic carbocycles. The molecule has 36 heavy (non-hydrogen) atoms. The van der Waals surface area contributed by atoms with Crippen LogP contribution in [0.5, 0.6) is 0 Å². The lowest BCUT2D eigenvalue weighted by atomic mass is 9.82. The zero-order valence-corrected chi connectivity index (χ0v) is 22.0. The first kappa shape index (κ1) is 25.5. The number of amides is 2. The van der Waals surface area contributed by atoms with Crippen molar-refractivity contribution in [2.75, 3.05) is 11.9 Å². The summed E-state index contributed by atoms with van der Waals surface area (Å²) in [5.74, 6) is -1.30. The summed E-state index contributed by atoms with van der Waals surface area (Å²) in [4.78, 5) is 44.2. The van der Waals surface area contributed by atoms with Crippen LogP contribution < -0.4 is 5.32 Å². The Morgan fingerprint density at radius 1 is 1.22 bits per heavy atom. The van der Waals surface area contributed by atoms with Gasteiger partial charge in [0.25, 0.3) is 5.91 Å². The second kappa shape index (κ2) is 10.2. The summed E-state index contributed by atoms with van der Waals surface area (Å²) in [6, 6.07) is 12.2. The number of fused-ring (bicyclic) bond motifs is 1. The van der Waals surface area contributed by atoms with Crippen molar-refractivity contribution in [2.24, 2.45) is 5.92 Å². The first-order valence-corrected chi connectivity index (χ1v) is 15.4. The van der Waals surface area contributed by atoms with Crippen molar-refractivity contribution in [3.05, 3.63) is 78.3 Å². The predicted octanol–water partition coefficient (Wildman–Crippen LogP) is 4.24. The second-order valence-electron chi connectivity index (χ2n) is 9.90. The number of aromatic nitrogens is 1. The Morgan fingerprint density at radius 3 is 2.56 bits per heavy atom. The van der Waals surface area contributed by atoms with E-state index >= 15 is 0 Å². The maximum atomic E-state index is 13.2. The van der Waals surface area contributed by atoms with Gasteiger partial charge in [-0.05, 0) is 68.4 Å². The quantitative estimate of drug-likeness (QED) is 0.237. The summed E-state index contributed by atoms with van der Waals surface area (Å²) in [5.41, 5.74) is 2.71. The van der Waals surface area contributed by atoms with Gasteiger partial charge in [0.05, 0.1) is 18.1 Å². The number of carbonyl (C=O) groups excluding carboxylic acids is 3. The van der Waals surface area contributed by atoms with Gasteiger partial charge in [-0.25, -0.2) is 4.79 Å². The van der Waals surface area contributed by atoms with Gasteiger partial charge in [-0.1, -0.05) is 30.9 Å². The van der Waals surface area contributed by atoms with Gasteiger partial charge < -0.3 is 19.4 Å². The highest BCUT2D eigenvalue weighted by atomic mass is 28.4. The number of nitrogens with zero attached hydrogens (tertiary/aromatic N) is 2. The molecule has 0 unspecified atom stereocenters. The molecule has 3 heterocycles. The molecule has 1 fully saturated rings. The van der Waals surface area contributed by atoms with Crippen molar-refractivity contribution >= 4 is 37.4 Å². The molecule has 1 aromatic heterocycles. The topological polar surface area (TPSA) is 97.8 Å². The number of anilines is 1. The molecule has 8 nitrogen and oxygen atoms in total. The number of pyridine rings is 1. The number of hydrogen-bond donors (Lipinski definition) is 1. The van der Waals surface area contributed by atoms with E-state index in [2.05, 4.69) is 36.5 Å². The van der Waals surface area contributed by atoms with E-state index in [0.29, 0.717) is 17.8 Å². The molecule has 0 bridgehead atoms. The van der Waals surface area contributed by atoms with Crippen LogP contribution in [0.2, 0.25) is 19.6 Å². The number of nitrogens with one attached hydrogen (secondary N) is 1. The standard InChI is InChI=1S/C27H31N3O5Si/c1-6-15-34-27(33)24-20(16-22-23(26(32)30(22)24)17(2)35-36(3,4)5)18-10-12-19(13-11-18)29-25(31)21-9-7-8-14-28-21/h6-14,17,22-23H,1,15-16H2,2-5H3,(H,29,31)/t17-,22-,23-/m1/s1. The molecule has 0 aliphatic carbocycles. The number of β-lactam (4-membered cyclic amide) rings is 1. The van der Waals surface area contributed by atoms with Crippen molar-refractivity contribution in [3.63, 3.8) is 0 Å². The van der Waals surface area contributed by atoms with Crippen LogP contribution in [0, 0.1) is 5.92 Å². The molecule has 2 aromatic rings. The number of rotatable bonds is 9. The van der Waals surface area contributed by atoms with Gasteiger partial charge in [0.1, 0.15) is 18.0 Å². The first-order valence-electron chi connectivity index (χ1n) is 12.0. The Morgan fingerprint density at radius 2 is 1.94 bits per heavy atom. The number of benzene rings is 1. The fraction of sp³-hybridized carbons (Fsp3) is 0.333. The van der Waals surface area contributed by atoms with Crippen molar-refractivity contribution in [3.8, 4) is 0 Å². The minimum atomic E-state index is -1.85. The number of ether oxygens (including phenoxy) is 1. The van der Waals surface area contributed by atoms with Crippen molar-refractivity contribution in [1.29, 1.82) is 0 Å². The molecule has 1 N–H and O–H groups in total. The van der Waals surface area contributed by atoms with Gasteiger partial charge >= 0.3 is 5.97 Å². The fourth-order valence-corrected chi connectivity index (χ4v) is 6.05.